The van der Waals surface area contributed by atoms with Gasteiger partial charge < -0.3 is 9.84 Å². The Morgan fingerprint density at radius 3 is 2.62 bits per heavy atom. The highest BCUT2D eigenvalue weighted by Crippen LogP contribution is 2.41. The van der Waals surface area contributed by atoms with Gasteiger partial charge in [-0.05, 0) is 25.1 Å². The molecular formula is C21H18N2O5S. The van der Waals surface area contributed by atoms with Gasteiger partial charge >= 0.3 is 5.97 Å². The Kier molecular flexibility index (Phi) is 4.45. The number of benzene rings is 2. The van der Waals surface area contributed by atoms with Gasteiger partial charge in [0.15, 0.2) is 5.60 Å². The number of aliphatic hydroxyl groups is 1. The second-order valence-electron chi connectivity index (χ2n) is 7.13. The molecule has 0 aliphatic carbocycles. The molecular weight excluding hydrogens is 392 g/mol. The summed E-state index contributed by atoms with van der Waals surface area (Å²) in [6.07, 6.45) is 0.371. The van der Waals surface area contributed by atoms with Crippen molar-refractivity contribution in [3.63, 3.8) is 0 Å². The van der Waals surface area contributed by atoms with Gasteiger partial charge in [0.25, 0.3) is 10.0 Å². The van der Waals surface area contributed by atoms with Crippen LogP contribution in [-0.4, -0.2) is 29.6 Å². The standard InChI is InChI=1S/C21H18N2O5S/c1-14-6-8-16(9-7-14)29(26,27)23-13-18(17-4-2-3-5-19(17)23)21(25)12-15(10-11-22)28-20(21)24/h2-9,13,15,25H,10,12H2,1H3/t15-,21-/m0/s1. The van der Waals surface area contributed by atoms with E-state index in [1.165, 1.54) is 18.3 Å². The maximum atomic E-state index is 13.3. The molecule has 2 aromatic carbocycles. The van der Waals surface area contributed by atoms with Crippen molar-refractivity contribution in [3.05, 3.63) is 65.9 Å². The summed E-state index contributed by atoms with van der Waals surface area (Å²) in [7, 11) is -3.96. The molecule has 0 bridgehead atoms. The minimum atomic E-state index is -3.96. The smallest absolute Gasteiger partial charge is 0.343 e. The summed E-state index contributed by atoms with van der Waals surface area (Å²) in [5.74, 6) is -0.881. The number of rotatable bonds is 4. The maximum Gasteiger partial charge on any atom is 0.343 e. The van der Waals surface area contributed by atoms with Crippen molar-refractivity contribution in [2.24, 2.45) is 0 Å². The summed E-state index contributed by atoms with van der Waals surface area (Å²) >= 11 is 0. The number of carbonyl (C=O) groups is 1. The predicted octanol–water partition coefficient (Wildman–Crippen LogP) is 2.60. The van der Waals surface area contributed by atoms with E-state index in [9.17, 15) is 18.3 Å². The van der Waals surface area contributed by atoms with Crippen molar-refractivity contribution in [3.8, 4) is 6.07 Å². The van der Waals surface area contributed by atoms with Gasteiger partial charge in [-0.2, -0.15) is 5.26 Å². The fourth-order valence-corrected chi connectivity index (χ4v) is 5.01. The maximum absolute atomic E-state index is 13.3. The minimum Gasteiger partial charge on any atom is -0.459 e. The van der Waals surface area contributed by atoms with Crippen LogP contribution in [0, 0.1) is 18.3 Å². The number of aryl methyl sites for hydroxylation is 1. The lowest BCUT2D eigenvalue weighted by Crippen LogP contribution is -2.31. The summed E-state index contributed by atoms with van der Waals surface area (Å²) in [5.41, 5.74) is -0.606. The Morgan fingerprint density at radius 1 is 1.24 bits per heavy atom. The van der Waals surface area contributed by atoms with Crippen LogP contribution in [0.15, 0.2) is 59.6 Å². The van der Waals surface area contributed by atoms with Gasteiger partial charge in [-0.25, -0.2) is 17.2 Å². The molecule has 1 fully saturated rings. The van der Waals surface area contributed by atoms with Gasteiger partial charge in [0.05, 0.1) is 22.9 Å². The van der Waals surface area contributed by atoms with E-state index in [1.54, 1.807) is 36.4 Å². The average Bonchev–Trinajstić information content (AvgIpc) is 3.22. The highest BCUT2D eigenvalue weighted by atomic mass is 32.2. The van der Waals surface area contributed by atoms with Gasteiger partial charge in [-0.15, -0.1) is 0 Å². The van der Waals surface area contributed by atoms with Crippen LogP contribution in [0.3, 0.4) is 0 Å². The molecule has 1 aliphatic rings. The molecule has 2 heterocycles. The van der Waals surface area contributed by atoms with Crippen molar-refractivity contribution in [2.45, 2.75) is 36.4 Å². The highest BCUT2D eigenvalue weighted by molar-refractivity contribution is 7.90. The molecule has 0 radical (unpaired) electrons. The zero-order valence-corrected chi connectivity index (χ0v) is 16.4. The molecule has 29 heavy (non-hydrogen) atoms. The summed E-state index contributed by atoms with van der Waals surface area (Å²) in [6, 6.07) is 15.0. The van der Waals surface area contributed by atoms with Gasteiger partial charge in [0.1, 0.15) is 6.10 Å². The molecule has 1 saturated heterocycles. The lowest BCUT2D eigenvalue weighted by molar-refractivity contribution is -0.155. The molecule has 1 N–H and O–H groups in total. The molecule has 0 amide bonds. The molecule has 0 saturated carbocycles. The number of para-hydroxylation sites is 1. The number of esters is 1. The third-order valence-corrected chi connectivity index (χ3v) is 6.84. The van der Waals surface area contributed by atoms with E-state index in [0.717, 1.165) is 9.54 Å². The summed E-state index contributed by atoms with van der Waals surface area (Å²) in [5, 5.41) is 20.4. The van der Waals surface area contributed by atoms with Crippen LogP contribution < -0.4 is 0 Å². The number of nitrogens with zero attached hydrogens (tertiary/aromatic N) is 2. The zero-order chi connectivity index (χ0) is 20.8. The number of aromatic nitrogens is 1. The number of hydrogen-bond acceptors (Lipinski definition) is 6. The normalized spacial score (nSPS) is 21.8. The third kappa shape index (κ3) is 2.99. The van der Waals surface area contributed by atoms with E-state index in [-0.39, 0.29) is 23.3 Å². The Hall–Kier alpha value is -3.15. The third-order valence-electron chi connectivity index (χ3n) is 5.15. The van der Waals surface area contributed by atoms with Crippen LogP contribution in [0.1, 0.15) is 24.0 Å². The fraction of sp³-hybridized carbons (Fsp3) is 0.238. The van der Waals surface area contributed by atoms with Crippen LogP contribution in [0.5, 0.6) is 0 Å². The van der Waals surface area contributed by atoms with Crippen molar-refractivity contribution >= 4 is 26.9 Å². The first-order chi connectivity index (χ1) is 13.8. The monoisotopic (exact) mass is 410 g/mol. The van der Waals surface area contributed by atoms with E-state index in [0.29, 0.717) is 10.9 Å². The Labute approximate surface area is 167 Å². The highest BCUT2D eigenvalue weighted by Gasteiger charge is 2.50. The van der Waals surface area contributed by atoms with Crippen LogP contribution >= 0.6 is 0 Å². The first-order valence-electron chi connectivity index (χ1n) is 9.00. The Balaban J connectivity index is 1.90. The molecule has 0 spiro atoms. The number of nitriles is 1. The minimum absolute atomic E-state index is 0.0473. The number of fused-ring (bicyclic) bond motifs is 1. The predicted molar refractivity (Wildman–Crippen MR) is 104 cm³/mol. The van der Waals surface area contributed by atoms with E-state index < -0.39 is 27.7 Å². The summed E-state index contributed by atoms with van der Waals surface area (Å²) in [6.45, 7) is 1.86. The van der Waals surface area contributed by atoms with Gasteiger partial charge in [0, 0.05) is 23.6 Å². The van der Waals surface area contributed by atoms with Crippen LogP contribution in [0.2, 0.25) is 0 Å². The first-order valence-corrected chi connectivity index (χ1v) is 10.4. The second-order valence-corrected chi connectivity index (χ2v) is 8.94. The summed E-state index contributed by atoms with van der Waals surface area (Å²) in [4.78, 5) is 12.5. The van der Waals surface area contributed by atoms with Crippen molar-refractivity contribution in [2.75, 3.05) is 0 Å². The van der Waals surface area contributed by atoms with Crippen molar-refractivity contribution in [1.29, 1.82) is 5.26 Å². The number of ether oxygens (including phenoxy) is 1. The molecule has 0 unspecified atom stereocenters. The Morgan fingerprint density at radius 2 is 1.93 bits per heavy atom. The topological polar surface area (TPSA) is 109 Å². The molecule has 8 heteroatoms. The van der Waals surface area contributed by atoms with E-state index >= 15 is 0 Å². The summed E-state index contributed by atoms with van der Waals surface area (Å²) < 4.78 is 32.7. The van der Waals surface area contributed by atoms with E-state index in [2.05, 4.69) is 0 Å². The second kappa shape index (κ2) is 6.72. The van der Waals surface area contributed by atoms with Gasteiger partial charge in [0.2, 0.25) is 0 Å². The van der Waals surface area contributed by atoms with E-state index in [4.69, 9.17) is 10.00 Å². The average molecular weight is 410 g/mol. The number of carbonyl (C=O) groups excluding carboxylic acids is 1. The lowest BCUT2D eigenvalue weighted by Gasteiger charge is -2.16. The fourth-order valence-electron chi connectivity index (χ4n) is 3.64. The lowest BCUT2D eigenvalue weighted by atomic mass is 9.90. The number of hydrogen-bond donors (Lipinski definition) is 1. The van der Waals surface area contributed by atoms with E-state index in [1.807, 2.05) is 13.0 Å². The molecule has 4 rings (SSSR count). The van der Waals surface area contributed by atoms with Crippen LogP contribution in [0.25, 0.3) is 10.9 Å². The molecule has 1 aromatic heterocycles. The van der Waals surface area contributed by atoms with Gasteiger partial charge in [-0.3, -0.25) is 0 Å². The largest absolute Gasteiger partial charge is 0.459 e. The molecule has 7 nitrogen and oxygen atoms in total. The number of cyclic esters (lactones) is 1. The van der Waals surface area contributed by atoms with Gasteiger partial charge in [-0.1, -0.05) is 35.9 Å². The molecule has 1 aliphatic heterocycles. The zero-order valence-electron chi connectivity index (χ0n) is 15.6. The molecule has 2 atom stereocenters. The van der Waals surface area contributed by atoms with Crippen LogP contribution in [0.4, 0.5) is 0 Å². The van der Waals surface area contributed by atoms with Crippen molar-refractivity contribution < 1.29 is 23.1 Å². The Bertz CT molecular complexity index is 1250. The first kappa shape index (κ1) is 19.2. The molecule has 148 valence electrons. The van der Waals surface area contributed by atoms with Crippen LogP contribution in [-0.2, 0) is 25.2 Å². The van der Waals surface area contributed by atoms with Crippen molar-refractivity contribution in [1.82, 2.24) is 3.97 Å². The molecule has 3 aromatic rings. The quantitative estimate of drug-likeness (QED) is 0.662. The SMILES string of the molecule is Cc1ccc(S(=O)(=O)n2cc([C@@]3(O)C[C@H](CC#N)OC3=O)c3ccccc32)cc1.